The first-order valence-electron chi connectivity index (χ1n) is 10.4. The number of para-hydroxylation sites is 1. The summed E-state index contributed by atoms with van der Waals surface area (Å²) in [5.74, 6) is 1.77. The van der Waals surface area contributed by atoms with E-state index < -0.39 is 0 Å². The summed E-state index contributed by atoms with van der Waals surface area (Å²) in [5.41, 5.74) is 3.98. The van der Waals surface area contributed by atoms with Crippen molar-refractivity contribution >= 4 is 17.5 Å². The number of rotatable bonds is 5. The molecule has 2 aromatic rings. The Morgan fingerprint density at radius 2 is 1.82 bits per heavy atom. The van der Waals surface area contributed by atoms with Crippen LogP contribution in [0.4, 0.5) is 11.6 Å². The van der Waals surface area contributed by atoms with E-state index in [1.807, 2.05) is 4.90 Å². The topological polar surface area (TPSA) is 58.1 Å². The summed E-state index contributed by atoms with van der Waals surface area (Å²) in [6.45, 7) is 12.5. The van der Waals surface area contributed by atoms with Crippen molar-refractivity contribution in [2.75, 3.05) is 18.4 Å². The first kappa shape index (κ1) is 20.3. The second-order valence-electron chi connectivity index (χ2n) is 8.51. The van der Waals surface area contributed by atoms with Gasteiger partial charge in [-0.2, -0.15) is 0 Å². The molecule has 1 aromatic heterocycles. The lowest BCUT2D eigenvalue weighted by Gasteiger charge is -2.30. The minimum Gasteiger partial charge on any atom is -0.337 e. The van der Waals surface area contributed by atoms with Crippen LogP contribution in [0, 0.1) is 5.92 Å². The number of carbonyl (C=O) groups is 1. The van der Waals surface area contributed by atoms with Crippen LogP contribution >= 0.6 is 0 Å². The van der Waals surface area contributed by atoms with Crippen LogP contribution in [0.25, 0.3) is 0 Å². The lowest BCUT2D eigenvalue weighted by atomic mass is 9.93. The zero-order valence-electron chi connectivity index (χ0n) is 17.7. The van der Waals surface area contributed by atoms with E-state index in [2.05, 4.69) is 68.1 Å². The summed E-state index contributed by atoms with van der Waals surface area (Å²) in [5, 5.41) is 3.42. The Bertz CT molecular complexity index is 805. The fourth-order valence-electron chi connectivity index (χ4n) is 3.88. The van der Waals surface area contributed by atoms with Crippen molar-refractivity contribution in [2.24, 2.45) is 5.92 Å². The molecule has 1 amide bonds. The lowest BCUT2D eigenvalue weighted by Crippen LogP contribution is -2.39. The molecular weight excluding hydrogens is 348 g/mol. The van der Waals surface area contributed by atoms with Crippen molar-refractivity contribution in [3.63, 3.8) is 0 Å². The molecule has 3 rings (SSSR count). The van der Waals surface area contributed by atoms with Crippen LogP contribution in [-0.2, 0) is 0 Å². The van der Waals surface area contributed by atoms with Gasteiger partial charge in [-0.15, -0.1) is 0 Å². The van der Waals surface area contributed by atoms with Crippen molar-refractivity contribution in [1.82, 2.24) is 14.9 Å². The first-order valence-corrected chi connectivity index (χ1v) is 10.4. The molecule has 0 aliphatic carbocycles. The standard InChI is InChI=1S/C23H32N4O/c1-15(2)18-9-6-10-19(16(3)4)21(18)26-23-24-12-11-20(25-23)22(28)27-13-7-8-17(5)14-27/h6,9-12,15-17H,7-8,13-14H2,1-5H3,(H,24,25,26). The Kier molecular flexibility index (Phi) is 6.32. The van der Waals surface area contributed by atoms with Crippen LogP contribution in [0.15, 0.2) is 30.5 Å². The van der Waals surface area contributed by atoms with Gasteiger partial charge in [-0.3, -0.25) is 4.79 Å². The molecule has 5 nitrogen and oxygen atoms in total. The van der Waals surface area contributed by atoms with Crippen LogP contribution in [-0.4, -0.2) is 33.9 Å². The second-order valence-corrected chi connectivity index (χ2v) is 8.51. The summed E-state index contributed by atoms with van der Waals surface area (Å²) in [6.07, 6.45) is 3.91. The number of nitrogens with zero attached hydrogens (tertiary/aromatic N) is 3. The fraction of sp³-hybridized carbons (Fsp3) is 0.522. The maximum Gasteiger partial charge on any atom is 0.272 e. The molecule has 1 aliphatic rings. The number of amides is 1. The summed E-state index contributed by atoms with van der Waals surface area (Å²) < 4.78 is 0. The molecule has 1 aliphatic heterocycles. The van der Waals surface area contributed by atoms with Crippen LogP contribution in [0.5, 0.6) is 0 Å². The summed E-state index contributed by atoms with van der Waals surface area (Å²) in [6, 6.07) is 8.10. The average Bonchev–Trinajstić information content (AvgIpc) is 2.67. The SMILES string of the molecule is CC1CCCN(C(=O)c2ccnc(Nc3c(C(C)C)cccc3C(C)C)n2)C1. The van der Waals surface area contributed by atoms with Gasteiger partial charge in [0.2, 0.25) is 5.95 Å². The third-order valence-corrected chi connectivity index (χ3v) is 5.43. The minimum atomic E-state index is -0.00164. The predicted molar refractivity (Wildman–Crippen MR) is 114 cm³/mol. The molecule has 1 aromatic carbocycles. The van der Waals surface area contributed by atoms with Gasteiger partial charge in [0.25, 0.3) is 5.91 Å². The molecule has 1 saturated heterocycles. The number of aromatic nitrogens is 2. The van der Waals surface area contributed by atoms with Gasteiger partial charge in [0.05, 0.1) is 0 Å². The van der Waals surface area contributed by atoms with Gasteiger partial charge in [0.1, 0.15) is 5.69 Å². The molecule has 150 valence electrons. The van der Waals surface area contributed by atoms with Gasteiger partial charge in [0, 0.05) is 25.0 Å². The Balaban J connectivity index is 1.89. The van der Waals surface area contributed by atoms with Crippen LogP contribution in [0.2, 0.25) is 0 Å². The van der Waals surface area contributed by atoms with Crippen molar-refractivity contribution in [2.45, 2.75) is 59.3 Å². The quantitative estimate of drug-likeness (QED) is 0.761. The van der Waals surface area contributed by atoms with Gasteiger partial charge in [-0.1, -0.05) is 52.8 Å². The molecule has 0 bridgehead atoms. The number of piperidine rings is 1. The molecule has 5 heteroatoms. The highest BCUT2D eigenvalue weighted by molar-refractivity contribution is 5.92. The molecule has 0 saturated carbocycles. The zero-order valence-corrected chi connectivity index (χ0v) is 17.7. The largest absolute Gasteiger partial charge is 0.337 e. The number of likely N-dealkylation sites (tertiary alicyclic amines) is 1. The predicted octanol–water partition coefficient (Wildman–Crippen LogP) is 5.34. The lowest BCUT2D eigenvalue weighted by molar-refractivity contribution is 0.0677. The average molecular weight is 381 g/mol. The maximum atomic E-state index is 12.9. The van der Waals surface area contributed by atoms with E-state index in [4.69, 9.17) is 0 Å². The summed E-state index contributed by atoms with van der Waals surface area (Å²) >= 11 is 0. The van der Waals surface area contributed by atoms with Crippen molar-refractivity contribution in [3.8, 4) is 0 Å². The second kappa shape index (κ2) is 8.72. The third kappa shape index (κ3) is 4.51. The van der Waals surface area contributed by atoms with E-state index in [0.29, 0.717) is 29.4 Å². The zero-order chi connectivity index (χ0) is 20.3. The monoisotopic (exact) mass is 380 g/mol. The fourth-order valence-corrected chi connectivity index (χ4v) is 3.88. The number of benzene rings is 1. The normalized spacial score (nSPS) is 17.2. The Morgan fingerprint density at radius 1 is 1.14 bits per heavy atom. The van der Waals surface area contributed by atoms with Gasteiger partial charge >= 0.3 is 0 Å². The van der Waals surface area contributed by atoms with Gasteiger partial charge in [-0.05, 0) is 47.8 Å². The highest BCUT2D eigenvalue weighted by Crippen LogP contribution is 2.33. The summed E-state index contributed by atoms with van der Waals surface area (Å²) in [7, 11) is 0. The molecule has 1 unspecified atom stereocenters. The number of carbonyl (C=O) groups excluding carboxylic acids is 1. The minimum absolute atomic E-state index is 0.00164. The Morgan fingerprint density at radius 3 is 2.43 bits per heavy atom. The third-order valence-electron chi connectivity index (χ3n) is 5.43. The van der Waals surface area contributed by atoms with E-state index in [-0.39, 0.29) is 5.91 Å². The molecule has 1 N–H and O–H groups in total. The van der Waals surface area contributed by atoms with Crippen molar-refractivity contribution in [1.29, 1.82) is 0 Å². The molecule has 0 radical (unpaired) electrons. The van der Waals surface area contributed by atoms with Crippen LogP contribution in [0.1, 0.15) is 80.9 Å². The highest BCUT2D eigenvalue weighted by atomic mass is 16.2. The van der Waals surface area contributed by atoms with Crippen LogP contribution < -0.4 is 5.32 Å². The number of nitrogens with one attached hydrogen (secondary N) is 1. The number of hydrogen-bond acceptors (Lipinski definition) is 4. The summed E-state index contributed by atoms with van der Waals surface area (Å²) in [4.78, 5) is 23.8. The Labute approximate surface area is 168 Å². The van der Waals surface area contributed by atoms with E-state index >= 15 is 0 Å². The molecule has 28 heavy (non-hydrogen) atoms. The molecule has 1 fully saturated rings. The highest BCUT2D eigenvalue weighted by Gasteiger charge is 2.23. The number of hydrogen-bond donors (Lipinski definition) is 1. The van der Waals surface area contributed by atoms with Crippen molar-refractivity contribution in [3.05, 3.63) is 47.3 Å². The molecule has 1 atom stereocenters. The first-order chi connectivity index (χ1) is 13.4. The van der Waals surface area contributed by atoms with Gasteiger partial charge < -0.3 is 10.2 Å². The Hall–Kier alpha value is -2.43. The van der Waals surface area contributed by atoms with E-state index in [0.717, 1.165) is 25.2 Å². The van der Waals surface area contributed by atoms with E-state index in [9.17, 15) is 4.79 Å². The molecule has 2 heterocycles. The molecular formula is C23H32N4O. The number of anilines is 2. The van der Waals surface area contributed by atoms with Crippen molar-refractivity contribution < 1.29 is 4.79 Å². The van der Waals surface area contributed by atoms with E-state index in [1.54, 1.807) is 12.3 Å². The van der Waals surface area contributed by atoms with Gasteiger partial charge in [0.15, 0.2) is 0 Å². The maximum absolute atomic E-state index is 12.9. The van der Waals surface area contributed by atoms with Crippen LogP contribution in [0.3, 0.4) is 0 Å². The van der Waals surface area contributed by atoms with Gasteiger partial charge in [-0.25, -0.2) is 9.97 Å². The van der Waals surface area contributed by atoms with E-state index in [1.165, 1.54) is 17.5 Å². The molecule has 0 spiro atoms. The smallest absolute Gasteiger partial charge is 0.272 e.